The minimum atomic E-state index is -1.31. The van der Waals surface area contributed by atoms with Crippen molar-refractivity contribution >= 4 is 99.9 Å². The summed E-state index contributed by atoms with van der Waals surface area (Å²) in [5.74, 6) is -2.63. The molecule has 0 saturated carbocycles. The molecular formula is C35H44Na2O7S. The van der Waals surface area contributed by atoms with Gasteiger partial charge in [-0.15, -0.1) is 11.8 Å². The van der Waals surface area contributed by atoms with Crippen molar-refractivity contribution in [2.75, 3.05) is 0 Å². The number of aliphatic carboxylic acids is 1. The largest absolute Gasteiger partial charge is 0.481 e. The number of carboxylic acid groups (broad SMARTS) is 2. The second-order valence-electron chi connectivity index (χ2n) is 11.0. The van der Waals surface area contributed by atoms with E-state index in [1.807, 2.05) is 25.1 Å². The third-order valence-corrected chi connectivity index (χ3v) is 8.86. The van der Waals surface area contributed by atoms with E-state index in [4.69, 9.17) is 9.52 Å². The zero-order valence-electron chi connectivity index (χ0n) is 27.2. The summed E-state index contributed by atoms with van der Waals surface area (Å²) in [6.45, 7) is 4.21. The second kappa shape index (κ2) is 22.3. The van der Waals surface area contributed by atoms with Crippen LogP contribution >= 0.6 is 11.8 Å². The van der Waals surface area contributed by atoms with Crippen LogP contribution in [0.15, 0.2) is 62.6 Å². The monoisotopic (exact) mass is 654 g/mol. The van der Waals surface area contributed by atoms with Crippen LogP contribution in [-0.2, 0) is 17.6 Å². The van der Waals surface area contributed by atoms with Gasteiger partial charge in [-0.05, 0) is 55.4 Å². The van der Waals surface area contributed by atoms with Gasteiger partial charge in [0, 0.05) is 82.1 Å². The van der Waals surface area contributed by atoms with Gasteiger partial charge < -0.3 is 19.7 Å². The summed E-state index contributed by atoms with van der Waals surface area (Å²) in [5, 5.41) is 29.6. The maximum Gasteiger partial charge on any atom is 0.371 e. The quantitative estimate of drug-likeness (QED) is 0.0695. The Balaban J connectivity index is 0.00000506. The van der Waals surface area contributed by atoms with E-state index in [1.165, 1.54) is 55.9 Å². The summed E-state index contributed by atoms with van der Waals surface area (Å²) >= 11 is 1.40. The Morgan fingerprint density at radius 3 is 2.22 bits per heavy atom. The SMILES string of the molecule is CCCCCCCCc1ccc(C=C[C@@H](Sc2ccc3c(=O)cc(C(=O)O)oc3c2CCC)[C@@H](O)CCCC(=O)O)cc1.[Na].[Na]. The number of aryl methyl sites for hydroxylation is 2. The second-order valence-corrected chi connectivity index (χ2v) is 12.2. The molecule has 3 N–H and O–H groups in total. The van der Waals surface area contributed by atoms with Crippen molar-refractivity contribution in [1.82, 2.24) is 0 Å². The minimum absolute atomic E-state index is 0. The Morgan fingerprint density at radius 1 is 0.889 bits per heavy atom. The number of rotatable bonds is 19. The van der Waals surface area contributed by atoms with Crippen LogP contribution in [0.1, 0.15) is 105 Å². The number of aliphatic hydroxyl groups is 1. The first-order valence-electron chi connectivity index (χ1n) is 15.4. The number of carbonyl (C=O) groups is 2. The maximum atomic E-state index is 12.6. The molecule has 0 amide bonds. The van der Waals surface area contributed by atoms with Crippen molar-refractivity contribution in [3.63, 3.8) is 0 Å². The van der Waals surface area contributed by atoms with Crippen LogP contribution in [0.3, 0.4) is 0 Å². The molecule has 3 aromatic rings. The number of benzene rings is 2. The normalized spacial score (nSPS) is 12.4. The summed E-state index contributed by atoms with van der Waals surface area (Å²) in [4.78, 5) is 36.1. The van der Waals surface area contributed by atoms with Crippen molar-refractivity contribution in [3.8, 4) is 0 Å². The smallest absolute Gasteiger partial charge is 0.371 e. The molecule has 7 nitrogen and oxygen atoms in total. The van der Waals surface area contributed by atoms with Gasteiger partial charge in [0.25, 0.3) is 0 Å². The van der Waals surface area contributed by atoms with E-state index in [1.54, 1.807) is 6.07 Å². The van der Waals surface area contributed by atoms with E-state index in [0.717, 1.165) is 34.9 Å². The Hall–Kier alpha value is -1.36. The molecule has 0 fully saturated rings. The zero-order chi connectivity index (χ0) is 31.2. The third kappa shape index (κ3) is 13.7. The molecule has 0 unspecified atom stereocenters. The molecule has 45 heavy (non-hydrogen) atoms. The molecule has 0 aliphatic rings. The number of unbranched alkanes of at least 4 members (excludes halogenated alkanes) is 5. The standard InChI is InChI=1S/C35H44O7S.2Na/c1-3-5-6-7-8-9-12-24-15-17-25(18-16-24)19-21-32(28(36)13-10-14-33(38)39)43-31-22-20-26-29(37)23-30(35(40)41)42-34(26)27(31)11-4-2;;/h15-23,28,32,36H,3-14H2,1-2H3,(H,38,39)(H,40,41);;/t28-,32+;;/m0../s1. The van der Waals surface area contributed by atoms with Crippen molar-refractivity contribution in [1.29, 1.82) is 0 Å². The van der Waals surface area contributed by atoms with Crippen LogP contribution in [0.25, 0.3) is 17.0 Å². The van der Waals surface area contributed by atoms with E-state index in [2.05, 4.69) is 31.2 Å². The topological polar surface area (TPSA) is 125 Å². The summed E-state index contributed by atoms with van der Waals surface area (Å²) in [6.07, 6.45) is 13.6. The Bertz CT molecular complexity index is 1440. The summed E-state index contributed by atoms with van der Waals surface area (Å²) < 4.78 is 5.70. The fourth-order valence-corrected chi connectivity index (χ4v) is 6.32. The molecule has 0 saturated heterocycles. The molecule has 3 rings (SSSR count). The Labute approximate surface area is 314 Å². The molecule has 2 atom stereocenters. The van der Waals surface area contributed by atoms with E-state index in [9.17, 15) is 24.6 Å². The average molecular weight is 655 g/mol. The predicted molar refractivity (Wildman–Crippen MR) is 185 cm³/mol. The van der Waals surface area contributed by atoms with Gasteiger partial charge in [0.2, 0.25) is 5.76 Å². The van der Waals surface area contributed by atoms with Crippen LogP contribution < -0.4 is 5.43 Å². The number of thioether (sulfide) groups is 1. The molecule has 2 radical (unpaired) electrons. The Kier molecular flexibility index (Phi) is 20.6. The van der Waals surface area contributed by atoms with Crippen LogP contribution in [0.5, 0.6) is 0 Å². The summed E-state index contributed by atoms with van der Waals surface area (Å²) in [7, 11) is 0. The van der Waals surface area contributed by atoms with Crippen molar-refractivity contribution in [2.24, 2.45) is 0 Å². The van der Waals surface area contributed by atoms with Gasteiger partial charge in [-0.1, -0.05) is 88.8 Å². The minimum Gasteiger partial charge on any atom is -0.481 e. The molecule has 0 spiro atoms. The van der Waals surface area contributed by atoms with Crippen molar-refractivity contribution in [2.45, 2.75) is 107 Å². The van der Waals surface area contributed by atoms with Crippen LogP contribution in [0.2, 0.25) is 0 Å². The summed E-state index contributed by atoms with van der Waals surface area (Å²) in [5.41, 5.74) is 2.85. The van der Waals surface area contributed by atoms with Crippen LogP contribution in [-0.4, -0.2) is 97.7 Å². The molecule has 234 valence electrons. The van der Waals surface area contributed by atoms with Crippen LogP contribution in [0, 0.1) is 0 Å². The molecule has 0 bridgehead atoms. The fourth-order valence-electron chi connectivity index (χ4n) is 5.09. The first kappa shape index (κ1) is 41.7. The number of aromatic carboxylic acids is 1. The predicted octanol–water partition coefficient (Wildman–Crippen LogP) is 7.38. The average Bonchev–Trinajstić information content (AvgIpc) is 2.98. The first-order chi connectivity index (χ1) is 20.7. The molecule has 1 aromatic heterocycles. The molecule has 0 aliphatic carbocycles. The van der Waals surface area contributed by atoms with Gasteiger partial charge in [0.05, 0.1) is 16.7 Å². The zero-order valence-corrected chi connectivity index (χ0v) is 32.0. The maximum absolute atomic E-state index is 12.6. The molecule has 2 aromatic carbocycles. The van der Waals surface area contributed by atoms with Crippen LogP contribution in [0.4, 0.5) is 0 Å². The first-order valence-corrected chi connectivity index (χ1v) is 16.3. The Morgan fingerprint density at radius 2 is 1.58 bits per heavy atom. The van der Waals surface area contributed by atoms with Gasteiger partial charge >= 0.3 is 11.9 Å². The van der Waals surface area contributed by atoms with Gasteiger partial charge in [0.1, 0.15) is 5.58 Å². The fraction of sp³-hybridized carbons (Fsp3) is 0.457. The van der Waals surface area contributed by atoms with Crippen molar-refractivity contribution in [3.05, 3.63) is 81.2 Å². The van der Waals surface area contributed by atoms with E-state index < -0.39 is 34.5 Å². The molecule has 0 aliphatic heterocycles. The number of aliphatic hydroxyl groups excluding tert-OH is 1. The number of fused-ring (bicyclic) bond motifs is 1. The van der Waals surface area contributed by atoms with Crippen molar-refractivity contribution < 1.29 is 29.3 Å². The number of carboxylic acids is 2. The molecule has 1 heterocycles. The van der Waals surface area contributed by atoms with E-state index in [0.29, 0.717) is 24.6 Å². The van der Waals surface area contributed by atoms with Gasteiger partial charge in [0.15, 0.2) is 5.43 Å². The molecular weight excluding hydrogens is 610 g/mol. The third-order valence-electron chi connectivity index (χ3n) is 7.48. The molecule has 10 heteroatoms. The van der Waals surface area contributed by atoms with Gasteiger partial charge in [-0.3, -0.25) is 9.59 Å². The van der Waals surface area contributed by atoms with E-state index >= 15 is 0 Å². The summed E-state index contributed by atoms with van der Waals surface area (Å²) in [6, 6.07) is 12.9. The van der Waals surface area contributed by atoms with Gasteiger partial charge in [-0.25, -0.2) is 4.79 Å². The van der Waals surface area contributed by atoms with E-state index in [-0.39, 0.29) is 71.1 Å². The number of hydrogen-bond donors (Lipinski definition) is 3. The van der Waals surface area contributed by atoms with Gasteiger partial charge in [-0.2, -0.15) is 0 Å². The number of hydrogen-bond acceptors (Lipinski definition) is 6.